The fraction of sp³-hybridized carbons (Fsp3) is 0.472. The van der Waals surface area contributed by atoms with E-state index in [0.717, 1.165) is 5.56 Å². The Kier molecular flexibility index (Phi) is 9.49. The number of hydrogen-bond donors (Lipinski definition) is 4. The van der Waals surface area contributed by atoms with Crippen LogP contribution in [0.1, 0.15) is 64.8 Å². The number of carboxylic acid groups (broad SMARTS) is 2. The first-order chi connectivity index (χ1) is 24.3. The molecule has 0 bridgehead atoms. The molecule has 14 nitrogen and oxygen atoms in total. The average molecular weight is 751 g/mol. The summed E-state index contributed by atoms with van der Waals surface area (Å²) < 4.78 is -1.23. The van der Waals surface area contributed by atoms with E-state index in [1.54, 1.807) is 43.0 Å². The molecule has 276 valence electrons. The molecule has 0 aliphatic carbocycles. The number of fused-ring (bicyclic) bond motifs is 2. The highest BCUT2D eigenvalue weighted by Gasteiger charge is 2.68. The Bertz CT molecular complexity index is 1820. The molecule has 4 N–H and O–H groups in total. The number of thioether (sulfide) groups is 2. The number of nitrogens with zero attached hydrogens (tertiary/aromatic N) is 4. The lowest BCUT2D eigenvalue weighted by atomic mass is 9.94. The van der Waals surface area contributed by atoms with E-state index in [9.17, 15) is 39.0 Å². The van der Waals surface area contributed by atoms with E-state index < -0.39 is 69.3 Å². The minimum absolute atomic E-state index is 0.151. The van der Waals surface area contributed by atoms with Gasteiger partial charge in [0, 0.05) is 9.49 Å². The number of carbonyl (C=O) groups is 6. The molecule has 52 heavy (non-hydrogen) atoms. The van der Waals surface area contributed by atoms with Crippen LogP contribution < -0.4 is 10.6 Å². The van der Waals surface area contributed by atoms with E-state index in [-0.39, 0.29) is 28.5 Å². The lowest BCUT2D eigenvalue weighted by Gasteiger charge is -2.50. The van der Waals surface area contributed by atoms with Gasteiger partial charge in [-0.05, 0) is 59.4 Å². The lowest BCUT2D eigenvalue weighted by molar-refractivity contribution is -0.170. The molecule has 0 saturated carbocycles. The van der Waals surface area contributed by atoms with Crippen LogP contribution in [-0.4, -0.2) is 117 Å². The number of amides is 4. The Balaban J connectivity index is 0.000000179. The number of rotatable bonds is 8. The zero-order chi connectivity index (χ0) is 38.1. The quantitative estimate of drug-likeness (QED) is 0.229. The number of hydrogen-bond acceptors (Lipinski definition) is 10. The summed E-state index contributed by atoms with van der Waals surface area (Å²) in [5.41, 5.74) is 0.821. The Morgan fingerprint density at radius 1 is 0.788 bits per heavy atom. The van der Waals surface area contributed by atoms with Crippen molar-refractivity contribution >= 4 is 65.8 Å². The normalized spacial score (nSPS) is 30.9. The first-order valence-electron chi connectivity index (χ1n) is 16.8. The molecule has 2 aromatic rings. The summed E-state index contributed by atoms with van der Waals surface area (Å²) >= 11 is 2.84. The summed E-state index contributed by atoms with van der Waals surface area (Å²) in [6, 6.07) is 13.9. The molecule has 0 spiro atoms. The van der Waals surface area contributed by atoms with Crippen LogP contribution in [0.3, 0.4) is 0 Å². The molecule has 8 atom stereocenters. The molecule has 5 saturated heterocycles. The van der Waals surface area contributed by atoms with E-state index in [2.05, 4.69) is 22.3 Å². The van der Waals surface area contributed by atoms with E-state index in [0.29, 0.717) is 5.56 Å². The minimum Gasteiger partial charge on any atom is -0.480 e. The number of β-lactam (4-membered cyclic amide) rings is 2. The summed E-state index contributed by atoms with van der Waals surface area (Å²) in [4.78, 5) is 82.6. The van der Waals surface area contributed by atoms with Gasteiger partial charge in [-0.15, -0.1) is 23.5 Å². The smallest absolute Gasteiger partial charge is 0.327 e. The van der Waals surface area contributed by atoms with Crippen LogP contribution in [0.4, 0.5) is 0 Å². The Labute approximate surface area is 309 Å². The maximum absolute atomic E-state index is 13.2. The molecule has 0 aromatic heterocycles. The third-order valence-electron chi connectivity index (χ3n) is 10.2. The molecular weight excluding hydrogens is 709 g/mol. The van der Waals surface area contributed by atoms with Gasteiger partial charge in [0.1, 0.15) is 41.0 Å². The van der Waals surface area contributed by atoms with Crippen molar-refractivity contribution in [1.29, 1.82) is 0 Å². The van der Waals surface area contributed by atoms with Crippen molar-refractivity contribution in [3.8, 4) is 0 Å². The number of aliphatic carboxylic acids is 2. The number of benzene rings is 2. The van der Waals surface area contributed by atoms with Crippen LogP contribution >= 0.6 is 23.5 Å². The molecular formula is C36H42N6O8S2. The minimum atomic E-state index is -1.03. The molecule has 1 unspecified atom stereocenters. The summed E-state index contributed by atoms with van der Waals surface area (Å²) in [7, 11) is 0. The van der Waals surface area contributed by atoms with Crippen molar-refractivity contribution in [3.63, 3.8) is 0 Å². The van der Waals surface area contributed by atoms with Gasteiger partial charge in [-0.25, -0.2) is 9.59 Å². The predicted octanol–water partition coefficient (Wildman–Crippen LogP) is 2.47. The monoisotopic (exact) mass is 750 g/mol. The van der Waals surface area contributed by atoms with Crippen LogP contribution in [0.2, 0.25) is 0 Å². The Morgan fingerprint density at radius 3 is 1.81 bits per heavy atom. The van der Waals surface area contributed by atoms with Crippen LogP contribution in [0, 0.1) is 0 Å². The Hall–Kier alpha value is -4.41. The summed E-state index contributed by atoms with van der Waals surface area (Å²) in [6.45, 7) is 14.5. The molecule has 5 heterocycles. The SMILES string of the molecule is C=N[C@@H](C(=O)N[C@@H]1C(=O)N2[C@@H]1SC(C)(C)[C@@H]2C(=O)O)c1ccccc1.CC1(C)S[C@@H]2[C@H](N3C(=O)C(c4ccccc4)NC3(C)C)C(=O)N2[C@H]1C(=O)O. The van der Waals surface area contributed by atoms with Crippen LogP contribution in [0.25, 0.3) is 0 Å². The van der Waals surface area contributed by atoms with Gasteiger partial charge in [0.05, 0.1) is 5.66 Å². The largest absolute Gasteiger partial charge is 0.480 e. The van der Waals surface area contributed by atoms with Gasteiger partial charge < -0.3 is 30.2 Å². The number of nitrogens with one attached hydrogen (secondary N) is 2. The highest BCUT2D eigenvalue weighted by molar-refractivity contribution is 8.02. The fourth-order valence-electron chi connectivity index (χ4n) is 7.84. The van der Waals surface area contributed by atoms with E-state index in [1.165, 1.54) is 33.3 Å². The number of carbonyl (C=O) groups excluding carboxylic acids is 4. The van der Waals surface area contributed by atoms with Gasteiger partial charge in [-0.3, -0.25) is 29.5 Å². The maximum atomic E-state index is 13.2. The van der Waals surface area contributed by atoms with E-state index in [1.807, 2.05) is 64.1 Å². The van der Waals surface area contributed by atoms with Crippen molar-refractivity contribution in [1.82, 2.24) is 25.3 Å². The van der Waals surface area contributed by atoms with E-state index >= 15 is 0 Å². The zero-order valence-electron chi connectivity index (χ0n) is 29.5. The second-order valence-corrected chi connectivity index (χ2v) is 18.4. The highest BCUT2D eigenvalue weighted by Crippen LogP contribution is 2.54. The first-order valence-corrected chi connectivity index (χ1v) is 18.5. The van der Waals surface area contributed by atoms with Crippen molar-refractivity contribution in [2.45, 2.75) is 104 Å². The predicted molar refractivity (Wildman–Crippen MR) is 195 cm³/mol. The molecule has 5 fully saturated rings. The topological polar surface area (TPSA) is 189 Å². The maximum Gasteiger partial charge on any atom is 0.327 e. The number of aliphatic imine (C=N–C) groups is 1. The summed E-state index contributed by atoms with van der Waals surface area (Å²) in [6.07, 6.45) is 0. The third kappa shape index (κ3) is 6.03. The molecule has 5 aliphatic heterocycles. The number of carboxylic acids is 2. The van der Waals surface area contributed by atoms with Gasteiger partial charge in [0.25, 0.3) is 0 Å². The van der Waals surface area contributed by atoms with Gasteiger partial charge in [0.15, 0.2) is 6.04 Å². The second-order valence-electron chi connectivity index (χ2n) is 14.9. The molecule has 0 radical (unpaired) electrons. The van der Waals surface area contributed by atoms with Crippen molar-refractivity contribution < 1.29 is 39.0 Å². The third-order valence-corrected chi connectivity index (χ3v) is 13.3. The van der Waals surface area contributed by atoms with Crippen LogP contribution in [0.5, 0.6) is 0 Å². The zero-order valence-corrected chi connectivity index (χ0v) is 31.2. The van der Waals surface area contributed by atoms with Gasteiger partial charge in [-0.1, -0.05) is 60.7 Å². The molecule has 5 aliphatic rings. The van der Waals surface area contributed by atoms with Gasteiger partial charge in [0.2, 0.25) is 23.6 Å². The molecule has 4 amide bonds. The molecule has 2 aromatic carbocycles. The van der Waals surface area contributed by atoms with Crippen molar-refractivity contribution in [2.24, 2.45) is 4.99 Å². The molecule has 16 heteroatoms. The highest BCUT2D eigenvalue weighted by atomic mass is 32.2. The lowest BCUT2D eigenvalue weighted by Crippen LogP contribution is -2.73. The van der Waals surface area contributed by atoms with Crippen LogP contribution in [0.15, 0.2) is 65.7 Å². The second kappa shape index (κ2) is 13.2. The van der Waals surface area contributed by atoms with Gasteiger partial charge >= 0.3 is 11.9 Å². The van der Waals surface area contributed by atoms with E-state index in [4.69, 9.17) is 0 Å². The summed E-state index contributed by atoms with van der Waals surface area (Å²) in [5, 5.41) is 24.3. The summed E-state index contributed by atoms with van der Waals surface area (Å²) in [5.74, 6) is -3.28. The van der Waals surface area contributed by atoms with Crippen LogP contribution in [-0.2, 0) is 28.8 Å². The van der Waals surface area contributed by atoms with Crippen molar-refractivity contribution in [2.75, 3.05) is 0 Å². The first kappa shape index (κ1) is 37.4. The fourth-order valence-corrected chi connectivity index (χ4v) is 11.1. The van der Waals surface area contributed by atoms with Gasteiger partial charge in [-0.2, -0.15) is 0 Å². The standard InChI is InChI=1S/C19H23N3O4S.C17H19N3O4S/c1-18(2)13(17(25)26)21-15(24)12(16(21)27-18)22-14(23)11(20-19(22,3)4)10-8-6-5-7-9-10;1-17(2)12(16(23)24)20-14(22)11(15(20)25-17)19-13(21)10(18-3)9-7-5-4-6-8-9/h5-9,11-13,16,20H,1-4H3,(H,25,26);4-8,10-12,15H,3H2,1-2H3,(H,19,21)(H,23,24)/t11?,12-,13+,16-;10-,11-,12+,15-/m11/s1. The van der Waals surface area contributed by atoms with Crippen molar-refractivity contribution in [3.05, 3.63) is 71.8 Å². The average Bonchev–Trinajstić information content (AvgIpc) is 3.60. The molecule has 7 rings (SSSR count). The Morgan fingerprint density at radius 2 is 1.29 bits per heavy atom.